The predicted molar refractivity (Wildman–Crippen MR) is 90.9 cm³/mol. The summed E-state index contributed by atoms with van der Waals surface area (Å²) in [6, 6.07) is 7.54. The Morgan fingerprint density at radius 2 is 1.91 bits per heavy atom. The fourth-order valence-electron chi connectivity index (χ4n) is 2.28. The fraction of sp³-hybridized carbons (Fsp3) is 0.588. The van der Waals surface area contributed by atoms with Crippen molar-refractivity contribution in [1.29, 1.82) is 0 Å². The van der Waals surface area contributed by atoms with E-state index in [4.69, 9.17) is 22.1 Å². The number of hydrogen-bond acceptors (Lipinski definition) is 3. The minimum atomic E-state index is -0.250. The third kappa shape index (κ3) is 6.77. The van der Waals surface area contributed by atoms with E-state index in [9.17, 15) is 4.79 Å². The molecule has 0 aliphatic rings. The molecule has 0 spiro atoms. The van der Waals surface area contributed by atoms with Crippen molar-refractivity contribution in [3.05, 3.63) is 34.9 Å². The molecule has 0 heterocycles. The lowest BCUT2D eigenvalue weighted by molar-refractivity contribution is -0.124. The van der Waals surface area contributed by atoms with Gasteiger partial charge in [-0.15, -0.1) is 0 Å². The highest BCUT2D eigenvalue weighted by molar-refractivity contribution is 6.30. The van der Waals surface area contributed by atoms with E-state index >= 15 is 0 Å². The van der Waals surface area contributed by atoms with Gasteiger partial charge in [-0.2, -0.15) is 0 Å². The summed E-state index contributed by atoms with van der Waals surface area (Å²) in [7, 11) is 1.57. The largest absolute Gasteiger partial charge is 0.380 e. The number of hydrogen-bond donors (Lipinski definition) is 2. The number of carbonyl (C=O) groups is 1. The van der Waals surface area contributed by atoms with Crippen LogP contribution in [0.5, 0.6) is 0 Å². The van der Waals surface area contributed by atoms with Crippen LogP contribution in [0.15, 0.2) is 24.3 Å². The van der Waals surface area contributed by atoms with Gasteiger partial charge in [0.25, 0.3) is 0 Å². The number of benzene rings is 1. The minimum absolute atomic E-state index is 0.0542. The first-order valence-electron chi connectivity index (χ1n) is 7.53. The summed E-state index contributed by atoms with van der Waals surface area (Å²) >= 11 is 5.94. The van der Waals surface area contributed by atoms with Crippen molar-refractivity contribution in [3.8, 4) is 0 Å². The van der Waals surface area contributed by atoms with E-state index in [1.165, 1.54) is 0 Å². The Balaban J connectivity index is 2.82. The Morgan fingerprint density at radius 1 is 1.32 bits per heavy atom. The number of rotatable bonds is 7. The van der Waals surface area contributed by atoms with Crippen LogP contribution in [-0.2, 0) is 9.53 Å². The van der Waals surface area contributed by atoms with E-state index in [-0.39, 0.29) is 29.9 Å². The van der Waals surface area contributed by atoms with Crippen molar-refractivity contribution in [1.82, 2.24) is 5.32 Å². The zero-order chi connectivity index (χ0) is 16.8. The SMILES string of the molecule is COC(CN)CC(=O)NC(CC(C)(C)C)c1ccc(Cl)cc1. The van der Waals surface area contributed by atoms with Gasteiger partial charge in [0, 0.05) is 18.7 Å². The summed E-state index contributed by atoms with van der Waals surface area (Å²) in [5.74, 6) is -0.0542. The van der Waals surface area contributed by atoms with Crippen LogP contribution in [0, 0.1) is 5.41 Å². The van der Waals surface area contributed by atoms with Gasteiger partial charge in [-0.1, -0.05) is 44.5 Å². The van der Waals surface area contributed by atoms with Crippen LogP contribution in [0.2, 0.25) is 5.02 Å². The summed E-state index contributed by atoms with van der Waals surface area (Å²) in [6.45, 7) is 6.79. The van der Waals surface area contributed by atoms with Gasteiger partial charge in [-0.05, 0) is 29.5 Å². The van der Waals surface area contributed by atoms with Gasteiger partial charge in [0.1, 0.15) is 0 Å². The van der Waals surface area contributed by atoms with Gasteiger partial charge in [-0.3, -0.25) is 4.79 Å². The molecule has 0 saturated carbocycles. The first-order valence-corrected chi connectivity index (χ1v) is 7.90. The molecule has 4 nitrogen and oxygen atoms in total. The summed E-state index contributed by atoms with van der Waals surface area (Å²) in [4.78, 5) is 12.2. The molecular weight excluding hydrogens is 300 g/mol. The Hall–Kier alpha value is -1.10. The van der Waals surface area contributed by atoms with E-state index in [0.717, 1.165) is 12.0 Å². The molecular formula is C17H27ClN2O2. The van der Waals surface area contributed by atoms with Gasteiger partial charge >= 0.3 is 0 Å². The average Bonchev–Trinajstić information content (AvgIpc) is 2.43. The molecule has 3 N–H and O–H groups in total. The smallest absolute Gasteiger partial charge is 0.223 e. The number of halogens is 1. The molecule has 22 heavy (non-hydrogen) atoms. The number of carbonyl (C=O) groups excluding carboxylic acids is 1. The zero-order valence-corrected chi connectivity index (χ0v) is 14.6. The quantitative estimate of drug-likeness (QED) is 0.808. The van der Waals surface area contributed by atoms with Crippen molar-refractivity contribution in [2.45, 2.75) is 45.8 Å². The third-order valence-electron chi connectivity index (χ3n) is 3.43. The minimum Gasteiger partial charge on any atom is -0.380 e. The van der Waals surface area contributed by atoms with Crippen molar-refractivity contribution >= 4 is 17.5 Å². The Labute approximate surface area is 138 Å². The van der Waals surface area contributed by atoms with Crippen LogP contribution in [0.25, 0.3) is 0 Å². The standard InChI is InChI=1S/C17H27ClN2O2/c1-17(2,3)10-15(12-5-7-13(18)8-6-12)20-16(21)9-14(11-19)22-4/h5-8,14-15H,9-11,19H2,1-4H3,(H,20,21). The Kier molecular flexibility index (Phi) is 7.33. The maximum Gasteiger partial charge on any atom is 0.223 e. The summed E-state index contributed by atoms with van der Waals surface area (Å²) in [5, 5.41) is 3.78. The molecule has 0 aliphatic carbocycles. The van der Waals surface area contributed by atoms with Gasteiger partial charge in [0.05, 0.1) is 18.6 Å². The van der Waals surface area contributed by atoms with Crippen LogP contribution in [0.1, 0.15) is 45.2 Å². The van der Waals surface area contributed by atoms with Crippen molar-refractivity contribution < 1.29 is 9.53 Å². The van der Waals surface area contributed by atoms with Crippen molar-refractivity contribution in [2.24, 2.45) is 11.1 Å². The Morgan fingerprint density at radius 3 is 2.36 bits per heavy atom. The Bertz CT molecular complexity index is 465. The normalized spacial score (nSPS) is 14.5. The molecule has 1 aromatic carbocycles. The molecule has 2 unspecified atom stereocenters. The highest BCUT2D eigenvalue weighted by Crippen LogP contribution is 2.30. The molecule has 0 aromatic heterocycles. The van der Waals surface area contributed by atoms with E-state index in [1.54, 1.807) is 7.11 Å². The molecule has 1 rings (SSSR count). The van der Waals surface area contributed by atoms with E-state index < -0.39 is 0 Å². The summed E-state index contributed by atoms with van der Waals surface area (Å²) < 4.78 is 5.17. The lowest BCUT2D eigenvalue weighted by Gasteiger charge is -2.28. The molecule has 124 valence electrons. The van der Waals surface area contributed by atoms with Crippen LogP contribution in [-0.4, -0.2) is 25.7 Å². The van der Waals surface area contributed by atoms with Gasteiger partial charge < -0.3 is 15.8 Å². The molecule has 2 atom stereocenters. The zero-order valence-electron chi connectivity index (χ0n) is 13.9. The molecule has 0 radical (unpaired) electrons. The highest BCUT2D eigenvalue weighted by Gasteiger charge is 2.23. The number of amides is 1. The van der Waals surface area contributed by atoms with Crippen LogP contribution >= 0.6 is 11.6 Å². The van der Waals surface area contributed by atoms with Gasteiger partial charge in [-0.25, -0.2) is 0 Å². The summed E-state index contributed by atoms with van der Waals surface area (Å²) in [6.07, 6.45) is 0.850. The number of ether oxygens (including phenoxy) is 1. The maximum absolute atomic E-state index is 12.2. The third-order valence-corrected chi connectivity index (χ3v) is 3.69. The molecule has 0 saturated heterocycles. The first-order chi connectivity index (χ1) is 10.2. The lowest BCUT2D eigenvalue weighted by Crippen LogP contribution is -2.35. The van der Waals surface area contributed by atoms with Crippen LogP contribution in [0.4, 0.5) is 0 Å². The lowest BCUT2D eigenvalue weighted by atomic mass is 9.85. The second kappa shape index (κ2) is 8.51. The van der Waals surface area contributed by atoms with E-state index in [0.29, 0.717) is 11.6 Å². The summed E-state index contributed by atoms with van der Waals surface area (Å²) in [5.41, 5.74) is 6.71. The highest BCUT2D eigenvalue weighted by atomic mass is 35.5. The van der Waals surface area contributed by atoms with Gasteiger partial charge in [0.15, 0.2) is 0 Å². The molecule has 5 heteroatoms. The second-order valence-electron chi connectivity index (χ2n) is 6.73. The maximum atomic E-state index is 12.2. The van der Waals surface area contributed by atoms with Crippen molar-refractivity contribution in [3.63, 3.8) is 0 Å². The topological polar surface area (TPSA) is 64.3 Å². The first kappa shape index (κ1) is 18.9. The molecule has 1 aromatic rings. The molecule has 0 bridgehead atoms. The van der Waals surface area contributed by atoms with Crippen LogP contribution in [0.3, 0.4) is 0 Å². The fourth-order valence-corrected chi connectivity index (χ4v) is 2.41. The molecule has 1 amide bonds. The molecule has 0 aliphatic heterocycles. The second-order valence-corrected chi connectivity index (χ2v) is 7.17. The number of nitrogens with two attached hydrogens (primary N) is 1. The van der Waals surface area contributed by atoms with Crippen molar-refractivity contribution in [2.75, 3.05) is 13.7 Å². The van der Waals surface area contributed by atoms with E-state index in [2.05, 4.69) is 26.1 Å². The monoisotopic (exact) mass is 326 g/mol. The number of methoxy groups -OCH3 is 1. The average molecular weight is 327 g/mol. The molecule has 0 fully saturated rings. The van der Waals surface area contributed by atoms with Gasteiger partial charge in [0.2, 0.25) is 5.91 Å². The van der Waals surface area contributed by atoms with Crippen LogP contribution < -0.4 is 11.1 Å². The number of nitrogens with one attached hydrogen (secondary N) is 1. The van der Waals surface area contributed by atoms with E-state index in [1.807, 2.05) is 24.3 Å². The predicted octanol–water partition coefficient (Wildman–Crippen LogP) is 3.30.